The summed E-state index contributed by atoms with van der Waals surface area (Å²) in [6, 6.07) is 3.89. The minimum Gasteiger partial charge on any atom is -0.277 e. The van der Waals surface area contributed by atoms with E-state index >= 15 is 0 Å². The molecule has 1 aromatic rings. The van der Waals surface area contributed by atoms with Gasteiger partial charge in [0.15, 0.2) is 12.4 Å². The summed E-state index contributed by atoms with van der Waals surface area (Å²) in [5, 5.41) is 0. The summed E-state index contributed by atoms with van der Waals surface area (Å²) in [6.45, 7) is 4.47. The van der Waals surface area contributed by atoms with Gasteiger partial charge in [-0.05, 0) is 25.3 Å². The largest absolute Gasteiger partial charge is 0.277 e. The second kappa shape index (κ2) is 5.10. The van der Waals surface area contributed by atoms with Crippen LogP contribution in [-0.4, -0.2) is 16.7 Å². The van der Waals surface area contributed by atoms with Gasteiger partial charge in [-0.15, -0.1) is 0 Å². The lowest BCUT2D eigenvalue weighted by Gasteiger charge is -2.25. The molecule has 0 radical (unpaired) electrons. The molecule has 1 fully saturated rings. The maximum atomic E-state index is 12.6. The first-order valence-corrected chi connectivity index (χ1v) is 7.44. The van der Waals surface area contributed by atoms with Crippen molar-refractivity contribution < 1.29 is 14.2 Å². The maximum Gasteiger partial charge on any atom is 0.234 e. The SMILES string of the molecule is CC1=C[C@H](C)[C@@H]2C(=O)N(Cc3ccc[n+](C)c3)C(=O)[C@H]2C1. The first-order chi connectivity index (χ1) is 9.97. The Morgan fingerprint density at radius 2 is 2.10 bits per heavy atom. The second-order valence-electron chi connectivity index (χ2n) is 6.35. The van der Waals surface area contributed by atoms with E-state index in [9.17, 15) is 9.59 Å². The standard InChI is InChI=1S/C17H21N2O2/c1-11-7-12(2)15-14(8-11)16(20)19(17(15)21)10-13-5-4-6-18(3)9-13/h4-7,9,12,14-15H,8,10H2,1-3H3/q+1/t12-,14-,15-/m0/s1. The molecule has 2 aliphatic rings. The topological polar surface area (TPSA) is 41.3 Å². The molecule has 2 amide bonds. The number of imide groups is 1. The quantitative estimate of drug-likeness (QED) is 0.470. The molecule has 1 aliphatic carbocycles. The Morgan fingerprint density at radius 3 is 2.81 bits per heavy atom. The highest BCUT2D eigenvalue weighted by molar-refractivity contribution is 6.05. The number of aryl methyl sites for hydroxylation is 1. The van der Waals surface area contributed by atoms with Crippen LogP contribution in [-0.2, 0) is 23.2 Å². The lowest BCUT2D eigenvalue weighted by atomic mass is 9.76. The lowest BCUT2D eigenvalue weighted by Crippen LogP contribution is -2.33. The molecule has 3 rings (SSSR count). The summed E-state index contributed by atoms with van der Waals surface area (Å²) < 4.78 is 1.93. The molecular formula is C17H21N2O2+. The predicted octanol–water partition coefficient (Wildman–Crippen LogP) is 1.60. The molecule has 4 nitrogen and oxygen atoms in total. The van der Waals surface area contributed by atoms with Crippen molar-refractivity contribution in [2.24, 2.45) is 24.8 Å². The number of carbonyl (C=O) groups excluding carboxylic acids is 2. The summed E-state index contributed by atoms with van der Waals surface area (Å²) in [4.78, 5) is 26.7. The van der Waals surface area contributed by atoms with Crippen LogP contribution in [0.2, 0.25) is 0 Å². The minimum absolute atomic E-state index is 0.00388. The number of rotatable bonds is 2. The van der Waals surface area contributed by atoms with E-state index < -0.39 is 0 Å². The molecule has 0 unspecified atom stereocenters. The van der Waals surface area contributed by atoms with Gasteiger partial charge in [-0.1, -0.05) is 18.6 Å². The highest BCUT2D eigenvalue weighted by Crippen LogP contribution is 2.41. The Bertz CT molecular complexity index is 635. The van der Waals surface area contributed by atoms with E-state index in [0.717, 1.165) is 12.0 Å². The Morgan fingerprint density at radius 1 is 1.33 bits per heavy atom. The summed E-state index contributed by atoms with van der Waals surface area (Å²) in [6.07, 6.45) is 6.75. The Kier molecular flexibility index (Phi) is 3.40. The number of fused-ring (bicyclic) bond motifs is 1. The van der Waals surface area contributed by atoms with Crippen molar-refractivity contribution in [3.8, 4) is 0 Å². The molecule has 3 atom stereocenters. The summed E-state index contributed by atoms with van der Waals surface area (Å²) in [5.41, 5.74) is 2.20. The molecule has 0 bridgehead atoms. The average molecular weight is 285 g/mol. The van der Waals surface area contributed by atoms with Gasteiger partial charge in [0.25, 0.3) is 0 Å². The minimum atomic E-state index is -0.168. The zero-order valence-electron chi connectivity index (χ0n) is 12.7. The van der Waals surface area contributed by atoms with Crippen LogP contribution in [0.25, 0.3) is 0 Å². The van der Waals surface area contributed by atoms with Crippen molar-refractivity contribution in [2.45, 2.75) is 26.8 Å². The Hall–Kier alpha value is -1.97. The van der Waals surface area contributed by atoms with Crippen LogP contribution in [0.4, 0.5) is 0 Å². The number of pyridine rings is 1. The van der Waals surface area contributed by atoms with Gasteiger partial charge in [0.05, 0.1) is 18.4 Å². The first kappa shape index (κ1) is 14.0. The van der Waals surface area contributed by atoms with Crippen molar-refractivity contribution in [3.05, 3.63) is 41.7 Å². The van der Waals surface area contributed by atoms with Crippen molar-refractivity contribution >= 4 is 11.8 Å². The monoisotopic (exact) mass is 285 g/mol. The summed E-state index contributed by atoms with van der Waals surface area (Å²) >= 11 is 0. The zero-order chi connectivity index (χ0) is 15.1. The van der Waals surface area contributed by atoms with Crippen LogP contribution in [0.1, 0.15) is 25.8 Å². The van der Waals surface area contributed by atoms with E-state index in [4.69, 9.17) is 0 Å². The number of aromatic nitrogens is 1. The van der Waals surface area contributed by atoms with Gasteiger partial charge >= 0.3 is 0 Å². The van der Waals surface area contributed by atoms with Crippen molar-refractivity contribution in [1.29, 1.82) is 0 Å². The van der Waals surface area contributed by atoms with Gasteiger partial charge in [-0.2, -0.15) is 0 Å². The molecule has 21 heavy (non-hydrogen) atoms. The normalized spacial score (nSPS) is 28.6. The lowest BCUT2D eigenvalue weighted by molar-refractivity contribution is -0.672. The number of hydrogen-bond acceptors (Lipinski definition) is 2. The van der Waals surface area contributed by atoms with Crippen LogP contribution < -0.4 is 4.57 Å². The Labute approximate surface area is 125 Å². The number of nitrogens with zero attached hydrogens (tertiary/aromatic N) is 2. The third kappa shape index (κ3) is 2.39. The van der Waals surface area contributed by atoms with Gasteiger partial charge in [0.1, 0.15) is 7.05 Å². The van der Waals surface area contributed by atoms with Crippen molar-refractivity contribution in [2.75, 3.05) is 0 Å². The molecule has 4 heteroatoms. The van der Waals surface area contributed by atoms with Gasteiger partial charge < -0.3 is 0 Å². The average Bonchev–Trinajstić information content (AvgIpc) is 2.64. The molecule has 0 N–H and O–H groups in total. The fourth-order valence-corrected chi connectivity index (χ4v) is 3.67. The molecule has 2 heterocycles. The van der Waals surface area contributed by atoms with Gasteiger partial charge in [-0.3, -0.25) is 14.5 Å². The number of allylic oxidation sites excluding steroid dienone is 2. The van der Waals surface area contributed by atoms with E-state index in [2.05, 4.69) is 6.08 Å². The number of likely N-dealkylation sites (tertiary alicyclic amines) is 1. The Balaban J connectivity index is 1.86. The first-order valence-electron chi connectivity index (χ1n) is 7.44. The van der Waals surface area contributed by atoms with Gasteiger partial charge in [0, 0.05) is 11.6 Å². The molecular weight excluding hydrogens is 264 g/mol. The van der Waals surface area contributed by atoms with Gasteiger partial charge in [0.2, 0.25) is 11.8 Å². The smallest absolute Gasteiger partial charge is 0.234 e. The number of amides is 2. The van der Waals surface area contributed by atoms with Crippen molar-refractivity contribution in [1.82, 2.24) is 4.90 Å². The third-order valence-corrected chi connectivity index (χ3v) is 4.57. The predicted molar refractivity (Wildman–Crippen MR) is 77.7 cm³/mol. The molecule has 1 aliphatic heterocycles. The second-order valence-corrected chi connectivity index (χ2v) is 6.35. The van der Waals surface area contributed by atoms with Gasteiger partial charge in [-0.25, -0.2) is 4.57 Å². The summed E-state index contributed by atoms with van der Waals surface area (Å²) in [5.74, 6) is -0.186. The molecule has 1 saturated heterocycles. The van der Waals surface area contributed by atoms with Crippen LogP contribution in [0.5, 0.6) is 0 Å². The molecule has 1 aromatic heterocycles. The van der Waals surface area contributed by atoms with E-state index in [1.165, 1.54) is 10.5 Å². The molecule has 0 spiro atoms. The molecule has 110 valence electrons. The van der Waals surface area contributed by atoms with Crippen LogP contribution >= 0.6 is 0 Å². The summed E-state index contributed by atoms with van der Waals surface area (Å²) in [7, 11) is 1.94. The van der Waals surface area contributed by atoms with E-state index in [0.29, 0.717) is 6.54 Å². The number of hydrogen-bond donors (Lipinski definition) is 0. The van der Waals surface area contributed by atoms with E-state index in [-0.39, 0.29) is 29.6 Å². The fraction of sp³-hybridized carbons (Fsp3) is 0.471. The van der Waals surface area contributed by atoms with E-state index in [1.54, 1.807) is 0 Å². The van der Waals surface area contributed by atoms with Crippen molar-refractivity contribution in [3.63, 3.8) is 0 Å². The fourth-order valence-electron chi connectivity index (χ4n) is 3.67. The molecule has 0 saturated carbocycles. The zero-order valence-corrected chi connectivity index (χ0v) is 12.7. The number of carbonyl (C=O) groups is 2. The highest BCUT2D eigenvalue weighted by atomic mass is 16.2. The highest BCUT2D eigenvalue weighted by Gasteiger charge is 2.50. The van der Waals surface area contributed by atoms with Crippen LogP contribution in [0.3, 0.4) is 0 Å². The molecule has 0 aromatic carbocycles. The maximum absolute atomic E-state index is 12.6. The van der Waals surface area contributed by atoms with Crippen LogP contribution in [0.15, 0.2) is 36.2 Å². The van der Waals surface area contributed by atoms with Crippen LogP contribution in [0, 0.1) is 17.8 Å². The third-order valence-electron chi connectivity index (χ3n) is 4.57. The van der Waals surface area contributed by atoms with E-state index in [1.807, 2.05) is 50.0 Å².